The smallest absolute Gasteiger partial charge is 0.264 e. The SMILES string of the molecule is Cc1ccc(Cl)cc1NS(=O)(=O)c1c(N)ccc(C)c1C. The van der Waals surface area contributed by atoms with Gasteiger partial charge in [0.1, 0.15) is 4.90 Å². The van der Waals surface area contributed by atoms with Crippen LogP contribution in [0.5, 0.6) is 0 Å². The highest BCUT2D eigenvalue weighted by molar-refractivity contribution is 7.93. The molecule has 0 amide bonds. The standard InChI is InChI=1S/C15H17ClN2O2S/c1-9-5-7-13(17)15(11(9)3)21(19,20)18-14-8-12(16)6-4-10(14)2/h4-8,18H,17H2,1-3H3. The number of nitrogen functional groups attached to an aromatic ring is 1. The average molecular weight is 325 g/mol. The Hall–Kier alpha value is -1.72. The number of sulfonamides is 1. The maximum atomic E-state index is 12.6. The van der Waals surface area contributed by atoms with Crippen LogP contribution in [0.4, 0.5) is 11.4 Å². The van der Waals surface area contributed by atoms with Crippen molar-refractivity contribution in [3.63, 3.8) is 0 Å². The molecule has 2 aromatic rings. The summed E-state index contributed by atoms with van der Waals surface area (Å²) in [6, 6.07) is 8.44. The van der Waals surface area contributed by atoms with Gasteiger partial charge in [-0.1, -0.05) is 23.7 Å². The maximum Gasteiger partial charge on any atom is 0.264 e. The Morgan fingerprint density at radius 2 is 1.67 bits per heavy atom. The molecule has 0 saturated heterocycles. The molecule has 0 saturated carbocycles. The van der Waals surface area contributed by atoms with Gasteiger partial charge in [-0.15, -0.1) is 0 Å². The summed E-state index contributed by atoms with van der Waals surface area (Å²) in [5.74, 6) is 0. The lowest BCUT2D eigenvalue weighted by Crippen LogP contribution is -2.17. The molecule has 0 spiro atoms. The summed E-state index contributed by atoms with van der Waals surface area (Å²) < 4.78 is 27.8. The Morgan fingerprint density at radius 1 is 1.05 bits per heavy atom. The van der Waals surface area contributed by atoms with Crippen molar-refractivity contribution in [3.8, 4) is 0 Å². The number of anilines is 2. The molecule has 0 fully saturated rings. The van der Waals surface area contributed by atoms with Gasteiger partial charge in [-0.3, -0.25) is 4.72 Å². The van der Waals surface area contributed by atoms with Crippen LogP contribution in [-0.2, 0) is 10.0 Å². The van der Waals surface area contributed by atoms with E-state index in [1.807, 2.05) is 6.92 Å². The molecule has 0 atom stereocenters. The highest BCUT2D eigenvalue weighted by Crippen LogP contribution is 2.29. The van der Waals surface area contributed by atoms with Crippen LogP contribution in [0.3, 0.4) is 0 Å². The molecule has 4 nitrogen and oxygen atoms in total. The molecule has 0 aliphatic heterocycles. The van der Waals surface area contributed by atoms with Gasteiger partial charge < -0.3 is 5.73 Å². The molecular formula is C15H17ClN2O2S. The van der Waals surface area contributed by atoms with Crippen LogP contribution in [-0.4, -0.2) is 8.42 Å². The molecule has 3 N–H and O–H groups in total. The number of hydrogen-bond donors (Lipinski definition) is 2. The summed E-state index contributed by atoms with van der Waals surface area (Å²) in [5, 5.41) is 0.465. The van der Waals surface area contributed by atoms with E-state index >= 15 is 0 Å². The highest BCUT2D eigenvalue weighted by atomic mass is 35.5. The molecule has 2 rings (SSSR count). The van der Waals surface area contributed by atoms with Gasteiger partial charge in [0.15, 0.2) is 0 Å². The van der Waals surface area contributed by atoms with Crippen molar-refractivity contribution >= 4 is 33.0 Å². The first kappa shape index (κ1) is 15.7. The zero-order valence-corrected chi connectivity index (χ0v) is 13.6. The van der Waals surface area contributed by atoms with Crippen LogP contribution in [0, 0.1) is 20.8 Å². The number of hydrogen-bond acceptors (Lipinski definition) is 3. The van der Waals surface area contributed by atoms with Crippen molar-refractivity contribution < 1.29 is 8.42 Å². The number of aryl methyl sites for hydroxylation is 2. The number of nitrogens with two attached hydrogens (primary N) is 1. The molecule has 0 radical (unpaired) electrons. The minimum absolute atomic E-state index is 0.113. The maximum absolute atomic E-state index is 12.6. The van der Waals surface area contributed by atoms with Crippen molar-refractivity contribution in [1.29, 1.82) is 0 Å². The van der Waals surface area contributed by atoms with Gasteiger partial charge in [-0.2, -0.15) is 0 Å². The molecule has 0 aromatic heterocycles. The van der Waals surface area contributed by atoms with Crippen LogP contribution in [0.15, 0.2) is 35.2 Å². The van der Waals surface area contributed by atoms with Crippen molar-refractivity contribution in [1.82, 2.24) is 0 Å². The molecule has 112 valence electrons. The lowest BCUT2D eigenvalue weighted by atomic mass is 10.1. The fourth-order valence-corrected chi connectivity index (χ4v) is 3.79. The van der Waals surface area contributed by atoms with Crippen LogP contribution in [0.1, 0.15) is 16.7 Å². The summed E-state index contributed by atoms with van der Waals surface area (Å²) in [7, 11) is -3.77. The molecule has 0 unspecified atom stereocenters. The fraction of sp³-hybridized carbons (Fsp3) is 0.200. The predicted octanol–water partition coefficient (Wildman–Crippen LogP) is 3.65. The number of nitrogens with one attached hydrogen (secondary N) is 1. The number of halogens is 1. The third kappa shape index (κ3) is 3.14. The van der Waals surface area contributed by atoms with E-state index < -0.39 is 10.0 Å². The predicted molar refractivity (Wildman–Crippen MR) is 87.3 cm³/mol. The molecule has 0 aliphatic carbocycles. The van der Waals surface area contributed by atoms with Gasteiger partial charge in [-0.05, 0) is 55.7 Å². The molecule has 6 heteroatoms. The molecular weight excluding hydrogens is 308 g/mol. The second kappa shape index (κ2) is 5.58. The Kier molecular flexibility index (Phi) is 4.16. The highest BCUT2D eigenvalue weighted by Gasteiger charge is 2.22. The first-order valence-corrected chi connectivity index (χ1v) is 8.23. The Balaban J connectivity index is 2.54. The lowest BCUT2D eigenvalue weighted by molar-refractivity contribution is 0.601. The monoisotopic (exact) mass is 324 g/mol. The molecule has 0 aliphatic rings. The first-order valence-electron chi connectivity index (χ1n) is 6.37. The summed E-state index contributed by atoms with van der Waals surface area (Å²) >= 11 is 5.92. The van der Waals surface area contributed by atoms with Crippen molar-refractivity contribution in [2.45, 2.75) is 25.7 Å². The summed E-state index contributed by atoms with van der Waals surface area (Å²) in [6.07, 6.45) is 0. The van der Waals surface area contributed by atoms with E-state index in [0.717, 1.165) is 11.1 Å². The van der Waals surface area contributed by atoms with E-state index in [9.17, 15) is 8.42 Å². The lowest BCUT2D eigenvalue weighted by Gasteiger charge is -2.15. The number of rotatable bonds is 3. The zero-order valence-electron chi connectivity index (χ0n) is 12.1. The van der Waals surface area contributed by atoms with Gasteiger partial charge in [0.25, 0.3) is 10.0 Å². The summed E-state index contributed by atoms with van der Waals surface area (Å²) in [5.41, 5.74) is 8.82. The van der Waals surface area contributed by atoms with E-state index in [1.54, 1.807) is 44.2 Å². The Labute approximate surface area is 130 Å². The second-order valence-electron chi connectivity index (χ2n) is 4.99. The van der Waals surface area contributed by atoms with Crippen LogP contribution in [0.2, 0.25) is 5.02 Å². The van der Waals surface area contributed by atoms with Crippen molar-refractivity contribution in [2.24, 2.45) is 0 Å². The molecule has 21 heavy (non-hydrogen) atoms. The van der Waals surface area contributed by atoms with Gasteiger partial charge in [0.05, 0.1) is 11.4 Å². The summed E-state index contributed by atoms with van der Waals surface area (Å²) in [4.78, 5) is 0.113. The Bertz CT molecular complexity index is 802. The van der Waals surface area contributed by atoms with Crippen LogP contribution >= 0.6 is 11.6 Å². The average Bonchev–Trinajstić information content (AvgIpc) is 2.38. The third-order valence-electron chi connectivity index (χ3n) is 3.42. The minimum atomic E-state index is -3.77. The summed E-state index contributed by atoms with van der Waals surface area (Å²) in [6.45, 7) is 5.39. The van der Waals surface area contributed by atoms with Gasteiger partial charge in [0, 0.05) is 5.02 Å². The van der Waals surface area contributed by atoms with Crippen LogP contribution in [0.25, 0.3) is 0 Å². The minimum Gasteiger partial charge on any atom is -0.398 e. The van der Waals surface area contributed by atoms with E-state index in [0.29, 0.717) is 16.3 Å². The van der Waals surface area contributed by atoms with E-state index in [4.69, 9.17) is 17.3 Å². The Morgan fingerprint density at radius 3 is 2.33 bits per heavy atom. The topological polar surface area (TPSA) is 72.2 Å². The van der Waals surface area contributed by atoms with E-state index in [2.05, 4.69) is 4.72 Å². The van der Waals surface area contributed by atoms with Gasteiger partial charge in [0.2, 0.25) is 0 Å². The molecule has 2 aromatic carbocycles. The first-order chi connectivity index (χ1) is 9.72. The van der Waals surface area contributed by atoms with E-state index in [1.165, 1.54) is 0 Å². The molecule has 0 heterocycles. The zero-order chi connectivity index (χ0) is 15.8. The number of benzene rings is 2. The van der Waals surface area contributed by atoms with Gasteiger partial charge in [-0.25, -0.2) is 8.42 Å². The van der Waals surface area contributed by atoms with Gasteiger partial charge >= 0.3 is 0 Å². The molecule has 0 bridgehead atoms. The van der Waals surface area contributed by atoms with Crippen molar-refractivity contribution in [2.75, 3.05) is 10.5 Å². The largest absolute Gasteiger partial charge is 0.398 e. The normalized spacial score (nSPS) is 11.4. The second-order valence-corrected chi connectivity index (χ2v) is 7.05. The fourth-order valence-electron chi connectivity index (χ4n) is 2.07. The van der Waals surface area contributed by atoms with Crippen molar-refractivity contribution in [3.05, 3.63) is 52.0 Å². The third-order valence-corrected chi connectivity index (χ3v) is 5.22. The quantitative estimate of drug-likeness (QED) is 0.846. The van der Waals surface area contributed by atoms with E-state index in [-0.39, 0.29) is 10.6 Å². The van der Waals surface area contributed by atoms with Crippen LogP contribution < -0.4 is 10.5 Å².